The first-order valence-corrected chi connectivity index (χ1v) is 7.09. The zero-order valence-electron chi connectivity index (χ0n) is 12.2. The second-order valence-corrected chi connectivity index (χ2v) is 5.58. The summed E-state index contributed by atoms with van der Waals surface area (Å²) in [5.74, 6) is 0.884. The molecule has 0 radical (unpaired) electrons. The molecule has 0 saturated carbocycles. The van der Waals surface area contributed by atoms with E-state index in [0.717, 1.165) is 0 Å². The first kappa shape index (κ1) is 14.3. The van der Waals surface area contributed by atoms with Crippen molar-refractivity contribution >= 4 is 22.7 Å². The summed E-state index contributed by atoms with van der Waals surface area (Å²) in [6.45, 7) is -0.395. The molecule has 5 N–H and O–H groups in total. The van der Waals surface area contributed by atoms with Gasteiger partial charge in [0.2, 0.25) is 0 Å². The first-order chi connectivity index (χ1) is 11.0. The van der Waals surface area contributed by atoms with Crippen molar-refractivity contribution in [3.8, 4) is 0 Å². The third-order valence-corrected chi connectivity index (χ3v) is 4.22. The van der Waals surface area contributed by atoms with Gasteiger partial charge in [0.05, 0.1) is 12.0 Å². The highest BCUT2D eigenvalue weighted by molar-refractivity contribution is 6.13. The zero-order valence-corrected chi connectivity index (χ0v) is 12.2. The minimum Gasteiger partial charge on any atom is -0.394 e. The maximum absolute atomic E-state index is 10.2. The Hall–Kier alpha value is -2.27. The highest BCUT2D eigenvalue weighted by Gasteiger charge is 2.44. The van der Waals surface area contributed by atoms with Crippen LogP contribution in [-0.2, 0) is 4.74 Å². The molecule has 0 spiro atoms. The van der Waals surface area contributed by atoms with Crippen molar-refractivity contribution in [3.05, 3.63) is 18.1 Å². The summed E-state index contributed by atoms with van der Waals surface area (Å²) < 4.78 is 7.15. The molecule has 1 saturated heterocycles. The molecule has 2 aliphatic heterocycles. The third kappa shape index (κ3) is 1.86. The summed E-state index contributed by atoms with van der Waals surface area (Å²) in [6.07, 6.45) is -1.10. The Morgan fingerprint density at radius 3 is 2.78 bits per heavy atom. The number of nitrogens with zero attached hydrogens (tertiary/aromatic N) is 5. The summed E-state index contributed by atoms with van der Waals surface area (Å²) in [7, 11) is 1.72. The average molecular weight is 320 g/mol. The Balaban J connectivity index is 1.89. The molecule has 4 rings (SSSR count). The van der Waals surface area contributed by atoms with Crippen molar-refractivity contribution in [2.45, 2.75) is 24.5 Å². The van der Waals surface area contributed by atoms with Gasteiger partial charge < -0.3 is 30.4 Å². The van der Waals surface area contributed by atoms with E-state index in [4.69, 9.17) is 10.5 Å². The van der Waals surface area contributed by atoms with Crippen molar-refractivity contribution in [1.29, 1.82) is 0 Å². The van der Waals surface area contributed by atoms with E-state index >= 15 is 0 Å². The summed E-state index contributed by atoms with van der Waals surface area (Å²) in [5, 5.41) is 35.9. The van der Waals surface area contributed by atoms with Crippen LogP contribution in [0.4, 0.5) is 5.82 Å². The van der Waals surface area contributed by atoms with E-state index in [1.165, 1.54) is 6.33 Å². The number of hydrogen-bond acceptors (Lipinski definition) is 9. The lowest BCUT2D eigenvalue weighted by atomic mass is 10.1. The van der Waals surface area contributed by atoms with Crippen LogP contribution in [0.25, 0.3) is 11.0 Å². The Labute approximate surface area is 130 Å². The van der Waals surface area contributed by atoms with E-state index in [1.54, 1.807) is 22.8 Å². The van der Waals surface area contributed by atoms with Crippen LogP contribution < -0.4 is 10.7 Å². The van der Waals surface area contributed by atoms with Crippen LogP contribution in [0.3, 0.4) is 0 Å². The normalized spacial score (nSPS) is 30.1. The molecule has 2 aromatic heterocycles. The van der Waals surface area contributed by atoms with Crippen LogP contribution >= 0.6 is 0 Å². The molecule has 0 unspecified atom stereocenters. The van der Waals surface area contributed by atoms with Crippen LogP contribution in [0, 0.1) is 0 Å². The smallest absolute Gasteiger partial charge is 0.164 e. The van der Waals surface area contributed by atoms with E-state index in [0.29, 0.717) is 28.3 Å². The van der Waals surface area contributed by atoms with Crippen molar-refractivity contribution in [1.82, 2.24) is 14.5 Å². The lowest BCUT2D eigenvalue weighted by molar-refractivity contribution is -0.0508. The summed E-state index contributed by atoms with van der Waals surface area (Å²) in [4.78, 5) is 8.45. The summed E-state index contributed by atoms with van der Waals surface area (Å²) in [6, 6.07) is 0. The van der Waals surface area contributed by atoms with Gasteiger partial charge in [-0.1, -0.05) is 0 Å². The predicted octanol–water partition coefficient (Wildman–Crippen LogP) is -1.89. The van der Waals surface area contributed by atoms with Crippen LogP contribution in [0.5, 0.6) is 0 Å². The van der Waals surface area contributed by atoms with Crippen molar-refractivity contribution in [2.75, 3.05) is 18.7 Å². The Bertz CT molecular complexity index is 805. The van der Waals surface area contributed by atoms with Gasteiger partial charge in [-0.3, -0.25) is 0 Å². The van der Waals surface area contributed by atoms with Gasteiger partial charge >= 0.3 is 0 Å². The topological polar surface area (TPSA) is 142 Å². The van der Waals surface area contributed by atoms with Gasteiger partial charge in [0, 0.05) is 18.8 Å². The Morgan fingerprint density at radius 1 is 1.30 bits per heavy atom. The van der Waals surface area contributed by atoms with Crippen molar-refractivity contribution < 1.29 is 20.1 Å². The van der Waals surface area contributed by atoms with Crippen LogP contribution in [0.15, 0.2) is 17.6 Å². The van der Waals surface area contributed by atoms with E-state index in [-0.39, 0.29) is 0 Å². The molecule has 10 nitrogen and oxygen atoms in total. The van der Waals surface area contributed by atoms with Crippen LogP contribution in [0.1, 0.15) is 11.8 Å². The summed E-state index contributed by atoms with van der Waals surface area (Å²) in [5.41, 5.74) is 7.10. The number of hydrazone groups is 1. The lowest BCUT2D eigenvalue weighted by Gasteiger charge is -2.19. The Kier molecular flexibility index (Phi) is 3.03. The fraction of sp³-hybridized carbons (Fsp3) is 0.462. The highest BCUT2D eigenvalue weighted by atomic mass is 16.6. The number of aromatic nitrogens is 3. The molecule has 0 aliphatic carbocycles. The SMILES string of the molecule is CN1N=C(N)c2cn([C@H]3O[C@H](CO)[C@@H](O)[C@@H]3O)c3ncnc1c23. The average Bonchev–Trinajstić information content (AvgIpc) is 3.05. The fourth-order valence-electron chi connectivity index (χ4n) is 3.07. The van der Waals surface area contributed by atoms with E-state index in [2.05, 4.69) is 15.1 Å². The monoisotopic (exact) mass is 320 g/mol. The number of aliphatic hydroxyl groups is 3. The third-order valence-electron chi connectivity index (χ3n) is 4.22. The molecule has 2 aliphatic rings. The molecule has 23 heavy (non-hydrogen) atoms. The fourth-order valence-corrected chi connectivity index (χ4v) is 3.07. The van der Waals surface area contributed by atoms with Crippen LogP contribution in [-0.4, -0.2) is 67.7 Å². The molecular formula is C13H16N6O4. The summed E-state index contributed by atoms with van der Waals surface area (Å²) >= 11 is 0. The number of amidine groups is 1. The molecule has 0 bridgehead atoms. The second-order valence-electron chi connectivity index (χ2n) is 5.58. The van der Waals surface area contributed by atoms with Crippen LogP contribution in [0.2, 0.25) is 0 Å². The van der Waals surface area contributed by atoms with Gasteiger partial charge in [0.1, 0.15) is 30.3 Å². The largest absolute Gasteiger partial charge is 0.394 e. The van der Waals surface area contributed by atoms with Gasteiger partial charge in [0.25, 0.3) is 0 Å². The lowest BCUT2D eigenvalue weighted by Crippen LogP contribution is -2.33. The number of ether oxygens (including phenoxy) is 1. The predicted molar refractivity (Wildman–Crippen MR) is 79.7 cm³/mol. The molecule has 0 amide bonds. The van der Waals surface area contributed by atoms with E-state index in [9.17, 15) is 15.3 Å². The van der Waals surface area contributed by atoms with Gasteiger partial charge in [0.15, 0.2) is 17.9 Å². The van der Waals surface area contributed by atoms with Gasteiger partial charge in [-0.05, 0) is 0 Å². The number of nitrogens with two attached hydrogens (primary N) is 1. The quantitative estimate of drug-likeness (QED) is 0.503. The number of rotatable bonds is 2. The van der Waals surface area contributed by atoms with E-state index in [1.807, 2.05) is 0 Å². The highest BCUT2D eigenvalue weighted by Crippen LogP contribution is 2.36. The second kappa shape index (κ2) is 4.86. The van der Waals surface area contributed by atoms with E-state index < -0.39 is 31.1 Å². The van der Waals surface area contributed by atoms with Crippen molar-refractivity contribution in [3.63, 3.8) is 0 Å². The number of aliphatic hydroxyl groups excluding tert-OH is 3. The minimum atomic E-state index is -1.20. The zero-order chi connectivity index (χ0) is 16.3. The molecule has 2 aromatic rings. The number of hydrogen-bond donors (Lipinski definition) is 4. The van der Waals surface area contributed by atoms with Gasteiger partial charge in [-0.25, -0.2) is 15.0 Å². The molecule has 1 fully saturated rings. The first-order valence-electron chi connectivity index (χ1n) is 7.09. The standard InChI is InChI=1S/C13H16N6O4/c1-18-11-7-5(10(14)17-18)2-19(12(7)16-4-15-11)13-9(22)8(21)6(3-20)23-13/h2,4,6,8-9,13,20-22H,3H2,1H3,(H2,14,17)/t6-,8-,9+,13+/m1/s1. The molecule has 4 atom stereocenters. The van der Waals surface area contributed by atoms with Crippen molar-refractivity contribution in [2.24, 2.45) is 10.8 Å². The molecule has 0 aromatic carbocycles. The van der Waals surface area contributed by atoms with Gasteiger partial charge in [-0.2, -0.15) is 5.10 Å². The number of anilines is 1. The molecule has 122 valence electrons. The maximum Gasteiger partial charge on any atom is 0.164 e. The van der Waals surface area contributed by atoms with Gasteiger partial charge in [-0.15, -0.1) is 0 Å². The molecule has 4 heterocycles. The minimum absolute atomic E-state index is 0.297. The Morgan fingerprint density at radius 2 is 2.09 bits per heavy atom. The molecule has 10 heteroatoms. The maximum atomic E-state index is 10.2. The molecular weight excluding hydrogens is 304 g/mol.